The Kier molecular flexibility index (Phi) is 4.74. The molecule has 1 unspecified atom stereocenters. The lowest BCUT2D eigenvalue weighted by Gasteiger charge is -2.11. The second kappa shape index (κ2) is 6.53. The number of rotatable bonds is 5. The molecule has 0 fully saturated rings. The first-order chi connectivity index (χ1) is 9.63. The number of benzene rings is 2. The molecule has 1 atom stereocenters. The molecule has 106 valence electrons. The molecular formula is C17H20FNO. The first-order valence-electron chi connectivity index (χ1n) is 6.74. The van der Waals surface area contributed by atoms with Gasteiger partial charge in [-0.3, -0.25) is 0 Å². The number of hydrogen-bond acceptors (Lipinski definition) is 2. The average molecular weight is 273 g/mol. The van der Waals surface area contributed by atoms with Gasteiger partial charge in [-0.15, -0.1) is 0 Å². The molecule has 2 nitrogen and oxygen atoms in total. The van der Waals surface area contributed by atoms with Crippen molar-refractivity contribution in [1.29, 1.82) is 0 Å². The number of likely N-dealkylation sites (N-methyl/N-ethyl adjacent to an activating group) is 1. The zero-order valence-corrected chi connectivity index (χ0v) is 12.1. The van der Waals surface area contributed by atoms with Gasteiger partial charge in [-0.05, 0) is 43.7 Å². The van der Waals surface area contributed by atoms with Gasteiger partial charge in [0.05, 0.1) is 7.11 Å². The third-order valence-corrected chi connectivity index (χ3v) is 3.48. The number of ether oxygens (including phenoxy) is 1. The third kappa shape index (κ3) is 3.36. The van der Waals surface area contributed by atoms with Crippen LogP contribution in [0.5, 0.6) is 5.75 Å². The van der Waals surface area contributed by atoms with Gasteiger partial charge in [0.15, 0.2) is 0 Å². The van der Waals surface area contributed by atoms with E-state index in [9.17, 15) is 4.39 Å². The fourth-order valence-electron chi connectivity index (χ4n) is 2.13. The highest BCUT2D eigenvalue weighted by molar-refractivity contribution is 5.65. The van der Waals surface area contributed by atoms with E-state index in [0.717, 1.165) is 12.0 Å². The first-order valence-corrected chi connectivity index (χ1v) is 6.74. The maximum absolute atomic E-state index is 14.0. The van der Waals surface area contributed by atoms with Crippen LogP contribution in [0.4, 0.5) is 4.39 Å². The molecule has 20 heavy (non-hydrogen) atoms. The molecule has 0 heterocycles. The lowest BCUT2D eigenvalue weighted by Crippen LogP contribution is -2.23. The molecule has 0 spiro atoms. The van der Waals surface area contributed by atoms with Crippen molar-refractivity contribution in [2.24, 2.45) is 0 Å². The highest BCUT2D eigenvalue weighted by atomic mass is 19.1. The lowest BCUT2D eigenvalue weighted by atomic mass is 10.0. The molecule has 0 aliphatic rings. The fraction of sp³-hybridized carbons (Fsp3) is 0.294. The van der Waals surface area contributed by atoms with Gasteiger partial charge in [-0.1, -0.05) is 24.3 Å². The van der Waals surface area contributed by atoms with Gasteiger partial charge >= 0.3 is 0 Å². The van der Waals surface area contributed by atoms with Crippen LogP contribution in [-0.4, -0.2) is 20.2 Å². The Balaban J connectivity index is 2.21. The van der Waals surface area contributed by atoms with Crippen LogP contribution >= 0.6 is 0 Å². The molecule has 0 saturated carbocycles. The Hall–Kier alpha value is -1.87. The zero-order valence-electron chi connectivity index (χ0n) is 12.1. The maximum Gasteiger partial charge on any atom is 0.134 e. The summed E-state index contributed by atoms with van der Waals surface area (Å²) in [6, 6.07) is 13.4. The van der Waals surface area contributed by atoms with Gasteiger partial charge in [-0.25, -0.2) is 4.39 Å². The molecule has 0 aliphatic carbocycles. The quantitative estimate of drug-likeness (QED) is 0.897. The van der Waals surface area contributed by atoms with Gasteiger partial charge in [-0.2, -0.15) is 0 Å². The smallest absolute Gasteiger partial charge is 0.134 e. The Morgan fingerprint density at radius 2 is 1.85 bits per heavy atom. The van der Waals surface area contributed by atoms with E-state index in [-0.39, 0.29) is 5.82 Å². The van der Waals surface area contributed by atoms with Crippen LogP contribution in [0.25, 0.3) is 11.1 Å². The van der Waals surface area contributed by atoms with Gasteiger partial charge in [0, 0.05) is 17.7 Å². The minimum atomic E-state index is -0.263. The zero-order chi connectivity index (χ0) is 14.5. The summed E-state index contributed by atoms with van der Waals surface area (Å²) < 4.78 is 19.0. The normalized spacial score (nSPS) is 12.2. The van der Waals surface area contributed by atoms with Gasteiger partial charge in [0.2, 0.25) is 0 Å². The van der Waals surface area contributed by atoms with Gasteiger partial charge < -0.3 is 10.1 Å². The number of halogens is 1. The van der Waals surface area contributed by atoms with Crippen LogP contribution in [0.2, 0.25) is 0 Å². The Morgan fingerprint density at radius 3 is 2.40 bits per heavy atom. The third-order valence-electron chi connectivity index (χ3n) is 3.48. The van der Waals surface area contributed by atoms with E-state index in [4.69, 9.17) is 4.74 Å². The molecule has 0 radical (unpaired) electrons. The van der Waals surface area contributed by atoms with Crippen LogP contribution in [0.15, 0.2) is 42.5 Å². The van der Waals surface area contributed by atoms with Crippen molar-refractivity contribution in [3.63, 3.8) is 0 Å². The number of hydrogen-bond donors (Lipinski definition) is 1. The number of methoxy groups -OCH3 is 1. The molecule has 2 aromatic rings. The van der Waals surface area contributed by atoms with E-state index in [2.05, 4.69) is 12.2 Å². The summed E-state index contributed by atoms with van der Waals surface area (Å²) in [5, 5.41) is 3.21. The minimum Gasteiger partial charge on any atom is -0.497 e. The van der Waals surface area contributed by atoms with Crippen molar-refractivity contribution in [2.45, 2.75) is 19.4 Å². The summed E-state index contributed by atoms with van der Waals surface area (Å²) in [4.78, 5) is 0. The molecule has 2 aromatic carbocycles. The highest BCUT2D eigenvalue weighted by Crippen LogP contribution is 2.26. The Bertz CT molecular complexity index is 566. The van der Waals surface area contributed by atoms with Crippen molar-refractivity contribution >= 4 is 0 Å². The second-order valence-electron chi connectivity index (χ2n) is 4.94. The van der Waals surface area contributed by atoms with E-state index >= 15 is 0 Å². The Morgan fingerprint density at radius 1 is 1.15 bits per heavy atom. The summed E-state index contributed by atoms with van der Waals surface area (Å²) in [5.74, 6) is 0.270. The highest BCUT2D eigenvalue weighted by Gasteiger charge is 2.07. The van der Waals surface area contributed by atoms with Crippen molar-refractivity contribution in [3.8, 4) is 16.9 Å². The summed E-state index contributed by atoms with van der Waals surface area (Å²) >= 11 is 0. The van der Waals surface area contributed by atoms with E-state index < -0.39 is 0 Å². The second-order valence-corrected chi connectivity index (χ2v) is 4.94. The molecule has 0 aromatic heterocycles. The largest absolute Gasteiger partial charge is 0.497 e. The lowest BCUT2D eigenvalue weighted by molar-refractivity contribution is 0.411. The van der Waals surface area contributed by atoms with Crippen molar-refractivity contribution in [3.05, 3.63) is 53.8 Å². The molecular weight excluding hydrogens is 253 g/mol. The van der Waals surface area contributed by atoms with Crippen LogP contribution in [0.3, 0.4) is 0 Å². The van der Waals surface area contributed by atoms with Crippen molar-refractivity contribution < 1.29 is 9.13 Å². The molecule has 3 heteroatoms. The monoisotopic (exact) mass is 273 g/mol. The van der Waals surface area contributed by atoms with E-state index in [1.807, 2.05) is 31.3 Å². The van der Waals surface area contributed by atoms with Crippen molar-refractivity contribution in [1.82, 2.24) is 5.32 Å². The molecule has 0 amide bonds. The molecule has 1 N–H and O–H groups in total. The van der Waals surface area contributed by atoms with E-state index in [0.29, 0.717) is 17.4 Å². The van der Waals surface area contributed by atoms with Crippen molar-refractivity contribution in [2.75, 3.05) is 14.2 Å². The molecule has 0 bridgehead atoms. The summed E-state index contributed by atoms with van der Waals surface area (Å²) in [7, 11) is 3.48. The predicted octanol–water partition coefficient (Wildman–Crippen LogP) is 3.65. The van der Waals surface area contributed by atoms with Crippen LogP contribution in [0.1, 0.15) is 12.5 Å². The van der Waals surface area contributed by atoms with E-state index in [1.165, 1.54) is 18.7 Å². The first kappa shape index (κ1) is 14.5. The maximum atomic E-state index is 14.0. The molecule has 0 aliphatic heterocycles. The minimum absolute atomic E-state index is 0.263. The topological polar surface area (TPSA) is 21.3 Å². The standard InChI is InChI=1S/C17H20FNO/c1-12(19-2)10-13-4-6-14(7-5-13)16-9-8-15(20-3)11-17(16)18/h4-9,11-12,19H,10H2,1-3H3. The average Bonchev–Trinajstić information content (AvgIpc) is 2.48. The summed E-state index contributed by atoms with van der Waals surface area (Å²) in [6.45, 7) is 2.14. The fourth-order valence-corrected chi connectivity index (χ4v) is 2.13. The summed E-state index contributed by atoms with van der Waals surface area (Å²) in [6.07, 6.45) is 0.960. The van der Waals surface area contributed by atoms with Crippen LogP contribution in [0, 0.1) is 5.82 Å². The Labute approximate surface area is 119 Å². The van der Waals surface area contributed by atoms with E-state index in [1.54, 1.807) is 12.1 Å². The van der Waals surface area contributed by atoms with Crippen LogP contribution in [-0.2, 0) is 6.42 Å². The van der Waals surface area contributed by atoms with Crippen LogP contribution < -0.4 is 10.1 Å². The number of nitrogens with one attached hydrogen (secondary N) is 1. The molecule has 2 rings (SSSR count). The SMILES string of the molecule is CNC(C)Cc1ccc(-c2ccc(OC)cc2F)cc1. The summed E-state index contributed by atoms with van der Waals surface area (Å²) in [5.41, 5.74) is 2.72. The van der Waals surface area contributed by atoms with Gasteiger partial charge in [0.1, 0.15) is 11.6 Å². The predicted molar refractivity (Wildman–Crippen MR) is 80.6 cm³/mol. The molecule has 0 saturated heterocycles. The van der Waals surface area contributed by atoms with Gasteiger partial charge in [0.25, 0.3) is 0 Å².